The fourth-order valence-electron chi connectivity index (χ4n) is 1.98. The van der Waals surface area contributed by atoms with Gasteiger partial charge < -0.3 is 10.3 Å². The van der Waals surface area contributed by atoms with Gasteiger partial charge in [0, 0.05) is 5.39 Å². The highest BCUT2D eigenvalue weighted by Gasteiger charge is 2.14. The van der Waals surface area contributed by atoms with E-state index in [4.69, 9.17) is 10.3 Å². The summed E-state index contributed by atoms with van der Waals surface area (Å²) in [6.07, 6.45) is 0. The molecule has 0 aliphatic heterocycles. The van der Waals surface area contributed by atoms with Crippen LogP contribution in [0.1, 0.15) is 0 Å². The Balaban J connectivity index is 1.77. The van der Waals surface area contributed by atoms with Crippen LogP contribution < -0.4 is 5.73 Å². The minimum absolute atomic E-state index is 0.119. The number of fused-ring (bicyclic) bond motifs is 1. The average Bonchev–Trinajstić information content (AvgIpc) is 3.15. The van der Waals surface area contributed by atoms with Crippen molar-refractivity contribution in [3.05, 3.63) is 36.4 Å². The molecule has 0 aliphatic rings. The molecule has 8 nitrogen and oxygen atoms in total. The van der Waals surface area contributed by atoms with Crippen molar-refractivity contribution in [1.29, 1.82) is 0 Å². The van der Waals surface area contributed by atoms with Crippen molar-refractivity contribution in [2.45, 2.75) is 0 Å². The van der Waals surface area contributed by atoms with Crippen LogP contribution in [0.15, 0.2) is 40.9 Å². The largest absolute Gasteiger partial charge is 0.366 e. The van der Waals surface area contributed by atoms with E-state index in [1.807, 2.05) is 36.4 Å². The summed E-state index contributed by atoms with van der Waals surface area (Å²) in [6, 6.07) is 11.6. The van der Waals surface area contributed by atoms with Gasteiger partial charge >= 0.3 is 0 Å². The molecule has 0 fully saturated rings. The monoisotopic (exact) mass is 279 g/mol. The molecule has 8 heteroatoms. The third kappa shape index (κ3) is 1.98. The van der Waals surface area contributed by atoms with Gasteiger partial charge in [-0.1, -0.05) is 29.4 Å². The van der Waals surface area contributed by atoms with E-state index < -0.39 is 0 Å². The predicted octanol–water partition coefficient (Wildman–Crippen LogP) is 1.65. The number of aromatic amines is 1. The number of aromatic nitrogens is 6. The van der Waals surface area contributed by atoms with Crippen LogP contribution in [0.4, 0.5) is 5.95 Å². The minimum Gasteiger partial charge on any atom is -0.366 e. The smallest absolute Gasteiger partial charge is 0.295 e. The van der Waals surface area contributed by atoms with Crippen molar-refractivity contribution in [1.82, 2.24) is 30.3 Å². The molecule has 0 saturated heterocycles. The lowest BCUT2D eigenvalue weighted by Crippen LogP contribution is -1.88. The van der Waals surface area contributed by atoms with E-state index in [-0.39, 0.29) is 11.8 Å². The van der Waals surface area contributed by atoms with Crippen molar-refractivity contribution in [3.8, 4) is 23.2 Å². The SMILES string of the molecule is Nc1n[nH]c(-c2nc(-c3ccc4ccccc4n3)no2)n1. The quantitative estimate of drug-likeness (QED) is 0.572. The lowest BCUT2D eigenvalue weighted by molar-refractivity contribution is 0.429. The van der Waals surface area contributed by atoms with E-state index in [2.05, 4.69) is 30.3 Å². The maximum Gasteiger partial charge on any atom is 0.295 e. The van der Waals surface area contributed by atoms with Crippen LogP contribution in [-0.4, -0.2) is 30.3 Å². The number of benzene rings is 1. The van der Waals surface area contributed by atoms with Gasteiger partial charge in [-0.25, -0.2) is 4.98 Å². The second kappa shape index (κ2) is 4.37. The Morgan fingerprint density at radius 3 is 2.76 bits per heavy atom. The number of hydrogen-bond acceptors (Lipinski definition) is 7. The molecule has 0 amide bonds. The fraction of sp³-hybridized carbons (Fsp3) is 0. The van der Waals surface area contributed by atoms with Gasteiger partial charge in [-0.2, -0.15) is 9.97 Å². The van der Waals surface area contributed by atoms with E-state index >= 15 is 0 Å². The topological polar surface area (TPSA) is 119 Å². The Hall–Kier alpha value is -3.29. The Morgan fingerprint density at radius 2 is 1.90 bits per heavy atom. The third-order valence-corrected chi connectivity index (χ3v) is 2.96. The highest BCUT2D eigenvalue weighted by molar-refractivity contribution is 5.80. The number of pyridine rings is 1. The van der Waals surface area contributed by atoms with Crippen LogP contribution >= 0.6 is 0 Å². The molecule has 1 aromatic carbocycles. The standard InChI is InChI=1S/C13H9N7O/c14-13-17-11(18-19-13)12-16-10(20-21-12)9-6-5-7-3-1-2-4-8(7)15-9/h1-6H,(H3,14,17,18,19). The molecule has 0 spiro atoms. The zero-order valence-electron chi connectivity index (χ0n) is 10.7. The molecule has 3 N–H and O–H groups in total. The van der Waals surface area contributed by atoms with E-state index in [1.165, 1.54) is 0 Å². The summed E-state index contributed by atoms with van der Waals surface area (Å²) in [7, 11) is 0. The molecule has 21 heavy (non-hydrogen) atoms. The number of nitrogens with two attached hydrogens (primary N) is 1. The van der Waals surface area contributed by atoms with Crippen molar-refractivity contribution < 1.29 is 4.52 Å². The second-order valence-electron chi connectivity index (χ2n) is 4.35. The fourth-order valence-corrected chi connectivity index (χ4v) is 1.98. The van der Waals surface area contributed by atoms with Crippen LogP contribution in [0.3, 0.4) is 0 Å². The molecule has 3 aromatic heterocycles. The summed E-state index contributed by atoms with van der Waals surface area (Å²) >= 11 is 0. The number of hydrogen-bond donors (Lipinski definition) is 2. The van der Waals surface area contributed by atoms with Crippen LogP contribution in [-0.2, 0) is 0 Å². The van der Waals surface area contributed by atoms with Crippen molar-refractivity contribution in [2.24, 2.45) is 0 Å². The number of nitrogen functional groups attached to an aromatic ring is 1. The molecule has 102 valence electrons. The molecule has 0 bridgehead atoms. The van der Waals surface area contributed by atoms with Crippen molar-refractivity contribution >= 4 is 16.9 Å². The highest BCUT2D eigenvalue weighted by atomic mass is 16.5. The Morgan fingerprint density at radius 1 is 1.00 bits per heavy atom. The number of anilines is 1. The van der Waals surface area contributed by atoms with Gasteiger partial charge in [0.05, 0.1) is 5.52 Å². The molecular weight excluding hydrogens is 270 g/mol. The molecular formula is C13H9N7O. The van der Waals surface area contributed by atoms with Crippen molar-refractivity contribution in [3.63, 3.8) is 0 Å². The average molecular weight is 279 g/mol. The first kappa shape index (κ1) is 11.5. The van der Waals surface area contributed by atoms with Gasteiger partial charge in [0.2, 0.25) is 17.6 Å². The summed E-state index contributed by atoms with van der Waals surface area (Å²) in [5.74, 6) is 1.04. The van der Waals surface area contributed by atoms with Crippen LogP contribution in [0, 0.1) is 0 Å². The predicted molar refractivity (Wildman–Crippen MR) is 74.8 cm³/mol. The van der Waals surface area contributed by atoms with E-state index in [9.17, 15) is 0 Å². The lowest BCUT2D eigenvalue weighted by atomic mass is 10.2. The molecule has 4 aromatic rings. The number of nitrogens with zero attached hydrogens (tertiary/aromatic N) is 5. The van der Waals surface area contributed by atoms with E-state index in [0.717, 1.165) is 10.9 Å². The zero-order valence-corrected chi connectivity index (χ0v) is 10.7. The number of nitrogens with one attached hydrogen (secondary N) is 1. The van der Waals surface area contributed by atoms with Gasteiger partial charge in [-0.3, -0.25) is 5.10 Å². The maximum atomic E-state index is 5.44. The highest BCUT2D eigenvalue weighted by Crippen LogP contribution is 2.21. The maximum absolute atomic E-state index is 5.44. The number of para-hydroxylation sites is 1. The lowest BCUT2D eigenvalue weighted by Gasteiger charge is -1.98. The first-order valence-electron chi connectivity index (χ1n) is 6.18. The molecule has 0 saturated carbocycles. The van der Waals surface area contributed by atoms with Gasteiger partial charge in [0.15, 0.2) is 0 Å². The number of H-pyrrole nitrogens is 1. The third-order valence-electron chi connectivity index (χ3n) is 2.96. The summed E-state index contributed by atoms with van der Waals surface area (Å²) in [4.78, 5) is 12.7. The molecule has 4 rings (SSSR count). The molecule has 0 unspecified atom stereocenters. The first-order valence-corrected chi connectivity index (χ1v) is 6.18. The van der Waals surface area contributed by atoms with E-state index in [0.29, 0.717) is 17.3 Å². The molecule has 3 heterocycles. The van der Waals surface area contributed by atoms with Crippen LogP contribution in [0.25, 0.3) is 34.1 Å². The molecule has 0 radical (unpaired) electrons. The van der Waals surface area contributed by atoms with Crippen molar-refractivity contribution in [2.75, 3.05) is 5.73 Å². The zero-order chi connectivity index (χ0) is 14.2. The second-order valence-corrected chi connectivity index (χ2v) is 4.35. The van der Waals surface area contributed by atoms with Crippen LogP contribution in [0.2, 0.25) is 0 Å². The molecule has 0 aliphatic carbocycles. The Kier molecular flexibility index (Phi) is 2.40. The normalized spacial score (nSPS) is 11.0. The molecule has 0 atom stereocenters. The van der Waals surface area contributed by atoms with Gasteiger partial charge in [0.25, 0.3) is 5.89 Å². The van der Waals surface area contributed by atoms with Crippen LogP contribution in [0.5, 0.6) is 0 Å². The van der Waals surface area contributed by atoms with Gasteiger partial charge in [-0.05, 0) is 12.1 Å². The minimum atomic E-state index is 0.119. The van der Waals surface area contributed by atoms with E-state index in [1.54, 1.807) is 0 Å². The Labute approximate surface area is 118 Å². The van der Waals surface area contributed by atoms with Gasteiger partial charge in [0.1, 0.15) is 5.69 Å². The number of rotatable bonds is 2. The summed E-state index contributed by atoms with van der Waals surface area (Å²) in [5, 5.41) is 11.3. The first-order chi connectivity index (χ1) is 10.3. The summed E-state index contributed by atoms with van der Waals surface area (Å²) < 4.78 is 5.14. The summed E-state index contributed by atoms with van der Waals surface area (Å²) in [5.41, 5.74) is 6.93. The Bertz CT molecular complexity index is 927. The van der Waals surface area contributed by atoms with Gasteiger partial charge in [-0.15, -0.1) is 5.10 Å². The summed E-state index contributed by atoms with van der Waals surface area (Å²) in [6.45, 7) is 0.